The van der Waals surface area contributed by atoms with Gasteiger partial charge in [0.25, 0.3) is 5.91 Å². The number of carbonyl (C=O) groups is 2. The molecular formula is C34H39N5O3. The minimum absolute atomic E-state index is 0.137. The highest BCUT2D eigenvalue weighted by Crippen LogP contribution is 2.55. The van der Waals surface area contributed by atoms with Gasteiger partial charge in [0.15, 0.2) is 0 Å². The second-order valence-corrected chi connectivity index (χ2v) is 11.7. The molecule has 1 amide bonds. The molecule has 218 valence electrons. The largest absolute Gasteiger partial charge is 0.465 e. The number of carbonyl (C=O) groups excluding carboxylic acids is 2. The van der Waals surface area contributed by atoms with E-state index in [0.29, 0.717) is 11.6 Å². The second kappa shape index (κ2) is 11.6. The third-order valence-electron chi connectivity index (χ3n) is 8.98. The highest BCUT2D eigenvalue weighted by molar-refractivity contribution is 5.98. The Morgan fingerprint density at radius 3 is 2.64 bits per heavy atom. The lowest BCUT2D eigenvalue weighted by Crippen LogP contribution is -2.43. The Hall–Kier alpha value is -4.20. The molecule has 0 radical (unpaired) electrons. The number of methoxy groups -OCH3 is 1. The van der Waals surface area contributed by atoms with Gasteiger partial charge in [-0.1, -0.05) is 42.8 Å². The summed E-state index contributed by atoms with van der Waals surface area (Å²) in [5.74, 6) is 0.140. The Labute approximate surface area is 247 Å². The number of aromatic nitrogens is 4. The summed E-state index contributed by atoms with van der Waals surface area (Å²) in [5.41, 5.74) is 7.24. The standard InChI is InChI=1S/C34H39N5O3/c1-5-10-24-12-6-7-17-39(24)33(40)27-15-9-14-26(22(27)2)23-11-8-13-25(19-23)38-18-16-28(34(41)42-4)32(38)30-20-29(30)31-21-37(3)36-35-31/h8-9,11,13-16,18-19,21,24,29-30H,5-7,10,12,17,20H2,1-4H3/t24-,29-,30-/m1/s1. The van der Waals surface area contributed by atoms with Crippen molar-refractivity contribution in [2.45, 2.75) is 70.3 Å². The molecule has 42 heavy (non-hydrogen) atoms. The van der Waals surface area contributed by atoms with Crippen molar-refractivity contribution >= 4 is 11.9 Å². The highest BCUT2D eigenvalue weighted by atomic mass is 16.5. The van der Waals surface area contributed by atoms with Gasteiger partial charge in [0, 0.05) is 60.8 Å². The van der Waals surface area contributed by atoms with Gasteiger partial charge in [-0.25, -0.2) is 4.79 Å². The van der Waals surface area contributed by atoms with Crippen LogP contribution in [0.4, 0.5) is 0 Å². The van der Waals surface area contributed by atoms with Crippen molar-refractivity contribution in [2.75, 3.05) is 13.7 Å². The van der Waals surface area contributed by atoms with Crippen LogP contribution in [0.25, 0.3) is 16.8 Å². The van der Waals surface area contributed by atoms with Crippen molar-refractivity contribution in [3.05, 3.63) is 89.0 Å². The van der Waals surface area contributed by atoms with E-state index < -0.39 is 0 Å². The lowest BCUT2D eigenvalue weighted by molar-refractivity contribution is 0.0591. The van der Waals surface area contributed by atoms with E-state index in [9.17, 15) is 9.59 Å². The number of hydrogen-bond acceptors (Lipinski definition) is 5. The number of hydrogen-bond donors (Lipinski definition) is 0. The molecule has 3 atom stereocenters. The van der Waals surface area contributed by atoms with Crippen LogP contribution in [0.3, 0.4) is 0 Å². The van der Waals surface area contributed by atoms with E-state index in [1.54, 1.807) is 4.68 Å². The smallest absolute Gasteiger partial charge is 0.339 e. The first-order valence-electron chi connectivity index (χ1n) is 15.1. The van der Waals surface area contributed by atoms with Crippen LogP contribution < -0.4 is 0 Å². The molecule has 6 rings (SSSR count). The van der Waals surface area contributed by atoms with Crippen LogP contribution in [0.2, 0.25) is 0 Å². The summed E-state index contributed by atoms with van der Waals surface area (Å²) in [6.45, 7) is 5.08. The monoisotopic (exact) mass is 565 g/mol. The van der Waals surface area contributed by atoms with Crippen molar-refractivity contribution in [1.82, 2.24) is 24.5 Å². The van der Waals surface area contributed by atoms with Crippen LogP contribution in [-0.4, -0.2) is 56.0 Å². The van der Waals surface area contributed by atoms with Crippen molar-refractivity contribution in [3.8, 4) is 16.8 Å². The van der Waals surface area contributed by atoms with Gasteiger partial charge in [0.05, 0.1) is 18.4 Å². The maximum atomic E-state index is 13.8. The molecule has 0 spiro atoms. The molecule has 2 aromatic heterocycles. The van der Waals surface area contributed by atoms with Gasteiger partial charge in [0.2, 0.25) is 0 Å². The Balaban J connectivity index is 1.35. The van der Waals surface area contributed by atoms with Crippen LogP contribution in [0.5, 0.6) is 0 Å². The normalized spacial score (nSPS) is 20.0. The van der Waals surface area contributed by atoms with Crippen molar-refractivity contribution in [2.24, 2.45) is 7.05 Å². The van der Waals surface area contributed by atoms with Crippen molar-refractivity contribution < 1.29 is 14.3 Å². The molecule has 0 bridgehead atoms. The highest BCUT2D eigenvalue weighted by Gasteiger charge is 2.45. The summed E-state index contributed by atoms with van der Waals surface area (Å²) in [5, 5.41) is 8.43. The molecule has 3 heterocycles. The number of piperidine rings is 1. The zero-order valence-electron chi connectivity index (χ0n) is 24.9. The molecular weight excluding hydrogens is 526 g/mol. The molecule has 8 nitrogen and oxygen atoms in total. The van der Waals surface area contributed by atoms with Crippen LogP contribution in [-0.2, 0) is 11.8 Å². The number of amides is 1. The van der Waals surface area contributed by atoms with E-state index >= 15 is 0 Å². The van der Waals surface area contributed by atoms with Gasteiger partial charge < -0.3 is 14.2 Å². The fourth-order valence-corrected chi connectivity index (χ4v) is 6.75. The quantitative estimate of drug-likeness (QED) is 0.230. The number of benzene rings is 2. The first-order valence-corrected chi connectivity index (χ1v) is 15.1. The summed E-state index contributed by atoms with van der Waals surface area (Å²) < 4.78 is 8.96. The second-order valence-electron chi connectivity index (χ2n) is 11.7. The van der Waals surface area contributed by atoms with E-state index in [4.69, 9.17) is 4.74 Å². The van der Waals surface area contributed by atoms with Gasteiger partial charge in [0.1, 0.15) is 0 Å². The Morgan fingerprint density at radius 1 is 1.05 bits per heavy atom. The molecule has 2 fully saturated rings. The molecule has 4 aromatic rings. The van der Waals surface area contributed by atoms with Crippen molar-refractivity contribution in [3.63, 3.8) is 0 Å². The SMILES string of the molecule is CCC[C@@H]1CCCCN1C(=O)c1cccc(-c2cccc(-n3ccc(C(=O)OC)c3[C@@H]3C[C@H]3c3cn(C)nn3)c2)c1C. The molecule has 1 saturated carbocycles. The first-order chi connectivity index (χ1) is 20.4. The molecule has 0 unspecified atom stereocenters. The Kier molecular flexibility index (Phi) is 7.71. The van der Waals surface area contributed by atoms with E-state index in [0.717, 1.165) is 78.0 Å². The fourth-order valence-electron chi connectivity index (χ4n) is 6.75. The van der Waals surface area contributed by atoms with E-state index in [-0.39, 0.29) is 23.7 Å². The minimum atomic E-state index is -0.342. The third-order valence-corrected chi connectivity index (χ3v) is 8.98. The summed E-state index contributed by atoms with van der Waals surface area (Å²) >= 11 is 0. The predicted molar refractivity (Wildman–Crippen MR) is 162 cm³/mol. The van der Waals surface area contributed by atoms with Gasteiger partial charge in [-0.15, -0.1) is 5.10 Å². The molecule has 0 N–H and O–H groups in total. The topological polar surface area (TPSA) is 82.3 Å². The molecule has 1 aliphatic carbocycles. The van der Waals surface area contributed by atoms with Crippen LogP contribution in [0, 0.1) is 6.92 Å². The molecule has 8 heteroatoms. The Bertz CT molecular complexity index is 1620. The number of ether oxygens (including phenoxy) is 1. The number of esters is 1. The van der Waals surface area contributed by atoms with Gasteiger partial charge >= 0.3 is 5.97 Å². The van der Waals surface area contributed by atoms with Gasteiger partial charge in [-0.3, -0.25) is 9.48 Å². The first kappa shape index (κ1) is 27.9. The lowest BCUT2D eigenvalue weighted by Gasteiger charge is -2.36. The van der Waals surface area contributed by atoms with Crippen molar-refractivity contribution in [1.29, 1.82) is 0 Å². The van der Waals surface area contributed by atoms with E-state index in [2.05, 4.69) is 57.9 Å². The van der Waals surface area contributed by atoms with Gasteiger partial charge in [-0.05, 0) is 80.0 Å². The average Bonchev–Trinajstić information content (AvgIpc) is 3.46. The van der Waals surface area contributed by atoms with E-state index in [1.807, 2.05) is 43.7 Å². The summed E-state index contributed by atoms with van der Waals surface area (Å²) in [6.07, 6.45) is 10.3. The molecule has 1 aliphatic heterocycles. The average molecular weight is 566 g/mol. The number of nitrogens with zero attached hydrogens (tertiary/aromatic N) is 5. The zero-order valence-corrected chi connectivity index (χ0v) is 24.9. The summed E-state index contributed by atoms with van der Waals surface area (Å²) in [4.78, 5) is 28.7. The number of aryl methyl sites for hydroxylation is 1. The Morgan fingerprint density at radius 2 is 1.88 bits per heavy atom. The van der Waals surface area contributed by atoms with Crippen LogP contribution >= 0.6 is 0 Å². The summed E-state index contributed by atoms with van der Waals surface area (Å²) in [6, 6.07) is 16.5. The minimum Gasteiger partial charge on any atom is -0.465 e. The fraction of sp³-hybridized carbons (Fsp3) is 0.412. The van der Waals surface area contributed by atoms with E-state index in [1.165, 1.54) is 13.5 Å². The molecule has 2 aliphatic rings. The summed E-state index contributed by atoms with van der Waals surface area (Å²) in [7, 11) is 3.28. The third kappa shape index (κ3) is 5.14. The van der Waals surface area contributed by atoms with Crippen LogP contribution in [0.1, 0.15) is 95.0 Å². The number of likely N-dealkylation sites (tertiary alicyclic amines) is 1. The van der Waals surface area contributed by atoms with Crippen LogP contribution in [0.15, 0.2) is 60.9 Å². The maximum absolute atomic E-state index is 13.8. The maximum Gasteiger partial charge on any atom is 0.339 e. The molecule has 2 aromatic carbocycles. The molecule has 1 saturated heterocycles. The lowest BCUT2D eigenvalue weighted by atomic mass is 9.93. The zero-order chi connectivity index (χ0) is 29.4. The van der Waals surface area contributed by atoms with Gasteiger partial charge in [-0.2, -0.15) is 0 Å². The number of rotatable bonds is 8. The predicted octanol–water partition coefficient (Wildman–Crippen LogP) is 6.43.